The van der Waals surface area contributed by atoms with Crippen LogP contribution in [-0.2, 0) is 4.79 Å². The van der Waals surface area contributed by atoms with Gasteiger partial charge in [0, 0.05) is 27.4 Å². The largest absolute Gasteiger partial charge is 0.326 e. The van der Waals surface area contributed by atoms with Gasteiger partial charge < -0.3 is 10.6 Å². The van der Waals surface area contributed by atoms with Gasteiger partial charge in [-0.05, 0) is 43.2 Å². The van der Waals surface area contributed by atoms with E-state index in [9.17, 15) is 9.59 Å². The minimum absolute atomic E-state index is 0.0576. The average molecular weight is 354 g/mol. The zero-order valence-corrected chi connectivity index (χ0v) is 15.2. The van der Waals surface area contributed by atoms with E-state index in [0.717, 1.165) is 17.7 Å². The van der Waals surface area contributed by atoms with Crippen LogP contribution in [-0.4, -0.2) is 17.1 Å². The quantitative estimate of drug-likeness (QED) is 0.734. The fraction of sp³-hybridized carbons (Fsp3) is 0.300. The fourth-order valence-corrected chi connectivity index (χ4v) is 3.43. The molecule has 4 nitrogen and oxygen atoms in total. The van der Waals surface area contributed by atoms with Gasteiger partial charge in [-0.25, -0.2) is 0 Å². The minimum atomic E-state index is -0.144. The van der Waals surface area contributed by atoms with Gasteiger partial charge in [0.2, 0.25) is 5.91 Å². The molecule has 3 rings (SSSR count). The Labute approximate surface area is 152 Å². The summed E-state index contributed by atoms with van der Waals surface area (Å²) in [6.07, 6.45) is 1.93. The van der Waals surface area contributed by atoms with E-state index in [2.05, 4.69) is 24.5 Å². The molecule has 2 N–H and O–H groups in total. The molecule has 1 aliphatic carbocycles. The highest BCUT2D eigenvalue weighted by Crippen LogP contribution is 2.31. The van der Waals surface area contributed by atoms with Crippen molar-refractivity contribution >= 4 is 35.0 Å². The highest BCUT2D eigenvalue weighted by atomic mass is 32.2. The second-order valence-corrected chi connectivity index (χ2v) is 8.08. The van der Waals surface area contributed by atoms with Crippen LogP contribution in [0.1, 0.15) is 37.0 Å². The normalized spacial score (nSPS) is 13.6. The topological polar surface area (TPSA) is 58.2 Å². The average Bonchev–Trinajstić information content (AvgIpc) is 3.40. The van der Waals surface area contributed by atoms with Crippen molar-refractivity contribution < 1.29 is 9.59 Å². The van der Waals surface area contributed by atoms with Gasteiger partial charge >= 0.3 is 0 Å². The summed E-state index contributed by atoms with van der Waals surface area (Å²) in [7, 11) is 0. The number of nitrogens with one attached hydrogen (secondary N) is 2. The number of carbonyl (C=O) groups excluding carboxylic acids is 2. The van der Waals surface area contributed by atoms with Crippen LogP contribution in [0.3, 0.4) is 0 Å². The molecule has 5 heteroatoms. The molecule has 2 aromatic carbocycles. The molecule has 0 atom stereocenters. The van der Waals surface area contributed by atoms with Crippen molar-refractivity contribution in [3.8, 4) is 0 Å². The maximum atomic E-state index is 12.7. The number of benzene rings is 2. The summed E-state index contributed by atoms with van der Waals surface area (Å²) in [5.41, 5.74) is 2.04. The zero-order chi connectivity index (χ0) is 17.8. The Hall–Kier alpha value is -2.27. The van der Waals surface area contributed by atoms with Crippen molar-refractivity contribution in [2.24, 2.45) is 5.92 Å². The molecule has 1 aliphatic rings. The van der Waals surface area contributed by atoms with Crippen LogP contribution in [0, 0.1) is 5.92 Å². The number of rotatable bonds is 6. The summed E-state index contributed by atoms with van der Waals surface area (Å²) in [6, 6.07) is 14.9. The lowest BCUT2D eigenvalue weighted by Crippen LogP contribution is -2.15. The van der Waals surface area contributed by atoms with Crippen molar-refractivity contribution in [3.05, 3.63) is 54.1 Å². The predicted molar refractivity (Wildman–Crippen MR) is 103 cm³/mol. The van der Waals surface area contributed by atoms with Gasteiger partial charge in [-0.15, -0.1) is 11.8 Å². The molecule has 0 radical (unpaired) electrons. The summed E-state index contributed by atoms with van der Waals surface area (Å²) in [5.74, 6) is 0.0646. The van der Waals surface area contributed by atoms with Crippen LogP contribution in [0.15, 0.2) is 53.4 Å². The number of anilines is 2. The van der Waals surface area contributed by atoms with Crippen molar-refractivity contribution in [1.29, 1.82) is 0 Å². The maximum absolute atomic E-state index is 12.7. The zero-order valence-electron chi connectivity index (χ0n) is 14.4. The van der Waals surface area contributed by atoms with E-state index in [-0.39, 0.29) is 17.7 Å². The number of hydrogen-bond donors (Lipinski definition) is 2. The Balaban J connectivity index is 1.71. The Kier molecular flexibility index (Phi) is 5.43. The molecule has 130 valence electrons. The highest BCUT2D eigenvalue weighted by molar-refractivity contribution is 8.00. The van der Waals surface area contributed by atoms with E-state index in [1.54, 1.807) is 17.8 Å². The first-order valence-corrected chi connectivity index (χ1v) is 9.39. The molecule has 2 amide bonds. The highest BCUT2D eigenvalue weighted by Gasteiger charge is 2.29. The van der Waals surface area contributed by atoms with Gasteiger partial charge in [0.05, 0.1) is 5.56 Å². The molecule has 0 aliphatic heterocycles. The van der Waals surface area contributed by atoms with Crippen LogP contribution in [0.25, 0.3) is 0 Å². The lowest BCUT2D eigenvalue weighted by atomic mass is 10.2. The third-order valence-corrected chi connectivity index (χ3v) is 4.91. The third kappa shape index (κ3) is 4.86. The van der Waals surface area contributed by atoms with E-state index < -0.39 is 0 Å². The second kappa shape index (κ2) is 7.74. The first-order valence-electron chi connectivity index (χ1n) is 8.51. The number of hydrogen-bond acceptors (Lipinski definition) is 3. The Morgan fingerprint density at radius 1 is 1.00 bits per heavy atom. The lowest BCUT2D eigenvalue weighted by Gasteiger charge is -2.12. The van der Waals surface area contributed by atoms with E-state index in [1.807, 2.05) is 42.5 Å². The maximum Gasteiger partial charge on any atom is 0.256 e. The van der Waals surface area contributed by atoms with Crippen molar-refractivity contribution in [1.82, 2.24) is 0 Å². The van der Waals surface area contributed by atoms with E-state index in [0.29, 0.717) is 22.2 Å². The molecular weight excluding hydrogens is 332 g/mol. The minimum Gasteiger partial charge on any atom is -0.326 e. The summed E-state index contributed by atoms with van der Waals surface area (Å²) in [4.78, 5) is 25.5. The molecule has 1 fully saturated rings. The Morgan fingerprint density at radius 2 is 1.68 bits per heavy atom. The molecule has 0 aromatic heterocycles. The standard InChI is InChI=1S/C20H22N2O2S/c1-13(2)25-18-9-4-3-8-17(18)20(24)22-16-7-5-6-15(12-16)21-19(23)14-10-11-14/h3-9,12-14H,10-11H2,1-2H3,(H,21,23)(H,22,24). The van der Waals surface area contributed by atoms with Crippen LogP contribution in [0.5, 0.6) is 0 Å². The molecule has 25 heavy (non-hydrogen) atoms. The molecule has 2 aromatic rings. The van der Waals surface area contributed by atoms with Crippen LogP contribution in [0.4, 0.5) is 11.4 Å². The van der Waals surface area contributed by atoms with Crippen molar-refractivity contribution in [2.45, 2.75) is 36.8 Å². The molecule has 0 saturated heterocycles. The second-order valence-electron chi connectivity index (χ2n) is 6.46. The van der Waals surface area contributed by atoms with E-state index >= 15 is 0 Å². The van der Waals surface area contributed by atoms with Gasteiger partial charge in [-0.1, -0.05) is 32.0 Å². The lowest BCUT2D eigenvalue weighted by molar-refractivity contribution is -0.117. The summed E-state index contributed by atoms with van der Waals surface area (Å²) in [5, 5.41) is 6.23. The van der Waals surface area contributed by atoms with Gasteiger partial charge in [0.25, 0.3) is 5.91 Å². The number of carbonyl (C=O) groups is 2. The van der Waals surface area contributed by atoms with Crippen LogP contribution < -0.4 is 10.6 Å². The fourth-order valence-electron chi connectivity index (χ4n) is 2.47. The third-order valence-electron chi connectivity index (χ3n) is 3.83. The van der Waals surface area contributed by atoms with E-state index in [4.69, 9.17) is 0 Å². The van der Waals surface area contributed by atoms with Gasteiger partial charge in [-0.2, -0.15) is 0 Å². The van der Waals surface area contributed by atoms with Gasteiger partial charge in [0.1, 0.15) is 0 Å². The summed E-state index contributed by atoms with van der Waals surface area (Å²) in [6.45, 7) is 4.21. The van der Waals surface area contributed by atoms with E-state index in [1.165, 1.54) is 0 Å². The van der Waals surface area contributed by atoms with Crippen LogP contribution >= 0.6 is 11.8 Å². The number of amides is 2. The smallest absolute Gasteiger partial charge is 0.256 e. The molecular formula is C20H22N2O2S. The SMILES string of the molecule is CC(C)Sc1ccccc1C(=O)Nc1cccc(NC(=O)C2CC2)c1. The summed E-state index contributed by atoms with van der Waals surface area (Å²) < 4.78 is 0. The first-order chi connectivity index (χ1) is 12.0. The Bertz CT molecular complexity index is 785. The first kappa shape index (κ1) is 17.5. The number of thioether (sulfide) groups is 1. The van der Waals surface area contributed by atoms with Gasteiger partial charge in [0.15, 0.2) is 0 Å². The molecule has 0 unspecified atom stereocenters. The predicted octanol–water partition coefficient (Wildman–Crippen LogP) is 4.79. The van der Waals surface area contributed by atoms with Gasteiger partial charge in [-0.3, -0.25) is 9.59 Å². The Morgan fingerprint density at radius 3 is 2.36 bits per heavy atom. The van der Waals surface area contributed by atoms with Crippen LogP contribution in [0.2, 0.25) is 0 Å². The molecule has 0 heterocycles. The molecule has 0 bridgehead atoms. The molecule has 0 spiro atoms. The summed E-state index contributed by atoms with van der Waals surface area (Å²) >= 11 is 1.67. The van der Waals surface area contributed by atoms with Crippen molar-refractivity contribution in [3.63, 3.8) is 0 Å². The monoisotopic (exact) mass is 354 g/mol. The van der Waals surface area contributed by atoms with Crippen molar-refractivity contribution in [2.75, 3.05) is 10.6 Å². The molecule has 1 saturated carbocycles.